The Labute approximate surface area is 129 Å². The molecule has 122 valence electrons. The molecule has 2 aliphatic rings. The molecule has 4 nitrogen and oxygen atoms in total. The van der Waals surface area contributed by atoms with Gasteiger partial charge < -0.3 is 15.0 Å². The Bertz CT molecular complexity index is 306. The van der Waals surface area contributed by atoms with Gasteiger partial charge in [0.05, 0.1) is 0 Å². The number of nitrogens with one attached hydrogen (secondary N) is 1. The van der Waals surface area contributed by atoms with Gasteiger partial charge in [0.1, 0.15) is 6.61 Å². The number of likely N-dealkylation sites (tertiary alicyclic amines) is 1. The lowest BCUT2D eigenvalue weighted by Crippen LogP contribution is -2.49. The molecule has 4 heteroatoms. The molecule has 1 aliphatic heterocycles. The molecular weight excluding hydrogens is 264 g/mol. The first-order valence-electron chi connectivity index (χ1n) is 8.75. The summed E-state index contributed by atoms with van der Waals surface area (Å²) in [7, 11) is 1.58. The SMILES string of the molecule is CCCC1CCC(NC2CCN(C(=O)COC)CC2)CC1. The standard InChI is InChI=1S/C17H32N2O2/c1-3-4-14-5-7-15(8-6-14)18-16-9-11-19(12-10-16)17(20)13-21-2/h14-16,18H,3-13H2,1-2H3. The Morgan fingerprint density at radius 1 is 1.10 bits per heavy atom. The molecule has 0 bridgehead atoms. The quantitative estimate of drug-likeness (QED) is 0.819. The van der Waals surface area contributed by atoms with Crippen LogP contribution >= 0.6 is 0 Å². The minimum Gasteiger partial charge on any atom is -0.375 e. The van der Waals surface area contributed by atoms with Crippen LogP contribution in [0.1, 0.15) is 58.3 Å². The van der Waals surface area contributed by atoms with Crippen LogP contribution in [0.2, 0.25) is 0 Å². The van der Waals surface area contributed by atoms with Crippen LogP contribution in [0.25, 0.3) is 0 Å². The molecule has 0 spiro atoms. The summed E-state index contributed by atoms with van der Waals surface area (Å²) in [5.41, 5.74) is 0. The van der Waals surface area contributed by atoms with E-state index >= 15 is 0 Å². The normalized spacial score (nSPS) is 27.8. The van der Waals surface area contributed by atoms with Crippen molar-refractivity contribution in [3.63, 3.8) is 0 Å². The number of ether oxygens (including phenoxy) is 1. The molecule has 1 aliphatic carbocycles. The van der Waals surface area contributed by atoms with Gasteiger partial charge in [0.2, 0.25) is 5.91 Å². The second kappa shape index (κ2) is 8.74. The second-order valence-corrected chi connectivity index (χ2v) is 6.76. The minimum absolute atomic E-state index is 0.135. The molecule has 0 radical (unpaired) electrons. The number of nitrogens with zero attached hydrogens (tertiary/aromatic N) is 1. The highest BCUT2D eigenvalue weighted by Crippen LogP contribution is 2.28. The molecule has 1 saturated heterocycles. The average molecular weight is 296 g/mol. The summed E-state index contributed by atoms with van der Waals surface area (Å²) < 4.78 is 4.93. The maximum atomic E-state index is 11.8. The lowest BCUT2D eigenvalue weighted by atomic mass is 9.83. The highest BCUT2D eigenvalue weighted by Gasteiger charge is 2.26. The number of amides is 1. The Hall–Kier alpha value is -0.610. The Morgan fingerprint density at radius 3 is 2.29 bits per heavy atom. The molecular formula is C17H32N2O2. The van der Waals surface area contributed by atoms with E-state index in [4.69, 9.17) is 4.74 Å². The zero-order valence-corrected chi connectivity index (χ0v) is 13.8. The van der Waals surface area contributed by atoms with Gasteiger partial charge in [-0.3, -0.25) is 4.79 Å². The number of carbonyl (C=O) groups excluding carboxylic acids is 1. The number of hydrogen-bond acceptors (Lipinski definition) is 3. The molecule has 21 heavy (non-hydrogen) atoms. The zero-order valence-electron chi connectivity index (χ0n) is 13.8. The first-order chi connectivity index (χ1) is 10.2. The summed E-state index contributed by atoms with van der Waals surface area (Å²) in [4.78, 5) is 13.7. The molecule has 1 heterocycles. The van der Waals surface area contributed by atoms with Crippen molar-refractivity contribution in [2.75, 3.05) is 26.8 Å². The fourth-order valence-electron chi connectivity index (χ4n) is 3.87. The van der Waals surface area contributed by atoms with Crippen LogP contribution < -0.4 is 5.32 Å². The Kier molecular flexibility index (Phi) is 6.97. The predicted octanol–water partition coefficient (Wildman–Crippen LogP) is 2.57. The van der Waals surface area contributed by atoms with E-state index in [1.807, 2.05) is 4.90 Å². The molecule has 0 atom stereocenters. The van der Waals surface area contributed by atoms with Crippen molar-refractivity contribution in [2.24, 2.45) is 5.92 Å². The van der Waals surface area contributed by atoms with Crippen LogP contribution in [0.3, 0.4) is 0 Å². The third kappa shape index (κ3) is 5.26. The van der Waals surface area contributed by atoms with Crippen molar-refractivity contribution in [3.8, 4) is 0 Å². The lowest BCUT2D eigenvalue weighted by molar-refractivity contribution is -0.136. The van der Waals surface area contributed by atoms with E-state index in [0.29, 0.717) is 12.1 Å². The van der Waals surface area contributed by atoms with E-state index in [1.54, 1.807) is 7.11 Å². The van der Waals surface area contributed by atoms with Crippen molar-refractivity contribution in [1.29, 1.82) is 0 Å². The van der Waals surface area contributed by atoms with E-state index < -0.39 is 0 Å². The molecule has 0 aromatic rings. The molecule has 0 aromatic heterocycles. The summed E-state index contributed by atoms with van der Waals surface area (Å²) in [6.45, 7) is 4.28. The molecule has 0 unspecified atom stereocenters. The van der Waals surface area contributed by atoms with Crippen LogP contribution in [0.15, 0.2) is 0 Å². The molecule has 1 amide bonds. The van der Waals surface area contributed by atoms with E-state index in [0.717, 1.165) is 31.8 Å². The summed E-state index contributed by atoms with van der Waals surface area (Å²) in [6.07, 6.45) is 10.4. The second-order valence-electron chi connectivity index (χ2n) is 6.76. The van der Waals surface area contributed by atoms with E-state index in [-0.39, 0.29) is 12.5 Å². The van der Waals surface area contributed by atoms with Crippen LogP contribution in [-0.2, 0) is 9.53 Å². The first kappa shape index (κ1) is 16.8. The Balaban J connectivity index is 1.64. The number of carbonyl (C=O) groups is 1. The van der Waals surface area contributed by atoms with Gasteiger partial charge in [-0.25, -0.2) is 0 Å². The van der Waals surface area contributed by atoms with Crippen LogP contribution in [-0.4, -0.2) is 49.7 Å². The third-order valence-electron chi connectivity index (χ3n) is 5.13. The van der Waals surface area contributed by atoms with Crippen molar-refractivity contribution < 1.29 is 9.53 Å². The molecule has 2 rings (SSSR count). The topological polar surface area (TPSA) is 41.6 Å². The van der Waals surface area contributed by atoms with Crippen molar-refractivity contribution >= 4 is 5.91 Å². The number of methoxy groups -OCH3 is 1. The van der Waals surface area contributed by atoms with Gasteiger partial charge in [-0.1, -0.05) is 19.8 Å². The smallest absolute Gasteiger partial charge is 0.248 e. The summed E-state index contributed by atoms with van der Waals surface area (Å²) in [6, 6.07) is 1.31. The predicted molar refractivity (Wildman–Crippen MR) is 85.3 cm³/mol. The van der Waals surface area contributed by atoms with Gasteiger partial charge in [0, 0.05) is 32.3 Å². The Morgan fingerprint density at radius 2 is 1.71 bits per heavy atom. The maximum Gasteiger partial charge on any atom is 0.248 e. The van der Waals surface area contributed by atoms with Crippen LogP contribution in [0.5, 0.6) is 0 Å². The van der Waals surface area contributed by atoms with Gasteiger partial charge in [-0.15, -0.1) is 0 Å². The lowest BCUT2D eigenvalue weighted by Gasteiger charge is -2.36. The summed E-state index contributed by atoms with van der Waals surface area (Å²) in [5, 5.41) is 3.84. The monoisotopic (exact) mass is 296 g/mol. The molecule has 1 saturated carbocycles. The number of rotatable bonds is 6. The van der Waals surface area contributed by atoms with Gasteiger partial charge in [0.15, 0.2) is 0 Å². The maximum absolute atomic E-state index is 11.8. The average Bonchev–Trinajstić information content (AvgIpc) is 2.50. The fraction of sp³-hybridized carbons (Fsp3) is 0.941. The van der Waals surface area contributed by atoms with E-state index in [9.17, 15) is 4.79 Å². The third-order valence-corrected chi connectivity index (χ3v) is 5.13. The number of hydrogen-bond donors (Lipinski definition) is 1. The molecule has 2 fully saturated rings. The van der Waals surface area contributed by atoms with Gasteiger partial charge >= 0.3 is 0 Å². The number of piperidine rings is 1. The minimum atomic E-state index is 0.135. The van der Waals surface area contributed by atoms with E-state index in [1.165, 1.54) is 38.5 Å². The van der Waals surface area contributed by atoms with Gasteiger partial charge in [-0.05, 0) is 44.4 Å². The highest BCUT2D eigenvalue weighted by atomic mass is 16.5. The highest BCUT2D eigenvalue weighted by molar-refractivity contribution is 5.77. The zero-order chi connectivity index (χ0) is 15.1. The summed E-state index contributed by atoms with van der Waals surface area (Å²) in [5.74, 6) is 1.11. The van der Waals surface area contributed by atoms with Gasteiger partial charge in [0.25, 0.3) is 0 Å². The first-order valence-corrected chi connectivity index (χ1v) is 8.75. The van der Waals surface area contributed by atoms with Crippen LogP contribution in [0.4, 0.5) is 0 Å². The van der Waals surface area contributed by atoms with Crippen LogP contribution in [0, 0.1) is 5.92 Å². The molecule has 0 aromatic carbocycles. The van der Waals surface area contributed by atoms with E-state index in [2.05, 4.69) is 12.2 Å². The fourth-order valence-corrected chi connectivity index (χ4v) is 3.87. The van der Waals surface area contributed by atoms with Crippen molar-refractivity contribution in [3.05, 3.63) is 0 Å². The van der Waals surface area contributed by atoms with Gasteiger partial charge in [-0.2, -0.15) is 0 Å². The van der Waals surface area contributed by atoms with Crippen molar-refractivity contribution in [1.82, 2.24) is 10.2 Å². The largest absolute Gasteiger partial charge is 0.375 e. The summed E-state index contributed by atoms with van der Waals surface area (Å²) >= 11 is 0. The molecule has 1 N–H and O–H groups in total. The van der Waals surface area contributed by atoms with Crippen molar-refractivity contribution in [2.45, 2.75) is 70.4 Å².